The molecule has 28 heavy (non-hydrogen) atoms. The van der Waals surface area contributed by atoms with Crippen LogP contribution in [0.1, 0.15) is 5.56 Å². The fraction of sp³-hybridized carbons (Fsp3) is 0.300. The number of carbonyl (C=O) groups is 1. The summed E-state index contributed by atoms with van der Waals surface area (Å²) in [7, 11) is 0. The van der Waals surface area contributed by atoms with Crippen LogP contribution in [0.25, 0.3) is 11.4 Å². The Kier molecular flexibility index (Phi) is 5.58. The molecule has 1 aliphatic heterocycles. The maximum Gasteiger partial charge on any atom is 0.246 e. The Hall–Kier alpha value is -3.26. The van der Waals surface area contributed by atoms with Crippen molar-refractivity contribution in [2.24, 2.45) is 0 Å². The van der Waals surface area contributed by atoms with Crippen LogP contribution in [-0.2, 0) is 22.7 Å². The number of benzene rings is 2. The monoisotopic (exact) mass is 379 g/mol. The molecule has 0 unspecified atom stereocenters. The number of amides is 1. The lowest BCUT2D eigenvalue weighted by molar-refractivity contribution is -0.136. The van der Waals surface area contributed by atoms with Crippen LogP contribution in [0.4, 0.5) is 0 Å². The Morgan fingerprint density at radius 2 is 1.79 bits per heavy atom. The minimum Gasteiger partial charge on any atom is -0.489 e. The van der Waals surface area contributed by atoms with Crippen LogP contribution in [0.3, 0.4) is 0 Å². The average molecular weight is 379 g/mol. The van der Waals surface area contributed by atoms with Crippen molar-refractivity contribution >= 4 is 5.91 Å². The fourth-order valence-corrected chi connectivity index (χ4v) is 2.90. The van der Waals surface area contributed by atoms with Gasteiger partial charge in [-0.3, -0.25) is 4.79 Å². The summed E-state index contributed by atoms with van der Waals surface area (Å²) >= 11 is 0. The molecule has 1 aliphatic rings. The summed E-state index contributed by atoms with van der Waals surface area (Å²) in [5, 5.41) is 12.4. The third kappa shape index (κ3) is 4.52. The first kappa shape index (κ1) is 18.1. The van der Waals surface area contributed by atoms with Gasteiger partial charge in [-0.2, -0.15) is 4.80 Å². The van der Waals surface area contributed by atoms with Crippen LogP contribution >= 0.6 is 0 Å². The smallest absolute Gasteiger partial charge is 0.246 e. The molecule has 1 aromatic heterocycles. The van der Waals surface area contributed by atoms with E-state index >= 15 is 0 Å². The van der Waals surface area contributed by atoms with Gasteiger partial charge in [-0.25, -0.2) is 0 Å². The van der Waals surface area contributed by atoms with Crippen molar-refractivity contribution in [1.29, 1.82) is 0 Å². The lowest BCUT2D eigenvalue weighted by atomic mass is 10.2. The largest absolute Gasteiger partial charge is 0.489 e. The normalized spacial score (nSPS) is 14.1. The van der Waals surface area contributed by atoms with Crippen molar-refractivity contribution in [1.82, 2.24) is 25.1 Å². The first-order valence-corrected chi connectivity index (χ1v) is 9.18. The maximum atomic E-state index is 12.3. The summed E-state index contributed by atoms with van der Waals surface area (Å²) in [6, 6.07) is 17.5. The molecule has 0 radical (unpaired) electrons. The van der Waals surface area contributed by atoms with E-state index in [1.165, 1.54) is 4.80 Å². The fourth-order valence-electron chi connectivity index (χ4n) is 2.90. The van der Waals surface area contributed by atoms with E-state index in [0.29, 0.717) is 38.7 Å². The summed E-state index contributed by atoms with van der Waals surface area (Å²) in [5.74, 6) is 1.21. The van der Waals surface area contributed by atoms with Crippen LogP contribution in [0.5, 0.6) is 5.75 Å². The molecule has 1 amide bonds. The molecule has 0 N–H and O–H groups in total. The molecular formula is C20H21N5O3. The van der Waals surface area contributed by atoms with Crippen LogP contribution in [0, 0.1) is 0 Å². The molecule has 0 bridgehead atoms. The van der Waals surface area contributed by atoms with Crippen molar-refractivity contribution in [3.63, 3.8) is 0 Å². The van der Waals surface area contributed by atoms with Gasteiger partial charge in [-0.1, -0.05) is 30.3 Å². The molecule has 2 heterocycles. The first-order valence-electron chi connectivity index (χ1n) is 9.18. The number of nitrogens with zero attached hydrogens (tertiary/aromatic N) is 5. The van der Waals surface area contributed by atoms with Crippen molar-refractivity contribution in [3.8, 4) is 17.1 Å². The van der Waals surface area contributed by atoms with Crippen LogP contribution in [-0.4, -0.2) is 57.3 Å². The molecule has 0 aliphatic carbocycles. The van der Waals surface area contributed by atoms with E-state index in [9.17, 15) is 4.79 Å². The molecule has 1 saturated heterocycles. The van der Waals surface area contributed by atoms with E-state index in [0.717, 1.165) is 16.9 Å². The minimum absolute atomic E-state index is 0.0306. The van der Waals surface area contributed by atoms with Gasteiger partial charge in [-0.15, -0.1) is 10.2 Å². The van der Waals surface area contributed by atoms with Gasteiger partial charge in [0.25, 0.3) is 0 Å². The lowest BCUT2D eigenvalue weighted by Crippen LogP contribution is -2.42. The Labute approximate surface area is 162 Å². The van der Waals surface area contributed by atoms with Crippen molar-refractivity contribution in [2.75, 3.05) is 26.3 Å². The summed E-state index contributed by atoms with van der Waals surface area (Å²) < 4.78 is 11.0. The molecule has 2 aromatic carbocycles. The predicted octanol–water partition coefficient (Wildman–Crippen LogP) is 1.78. The zero-order valence-corrected chi connectivity index (χ0v) is 15.4. The van der Waals surface area contributed by atoms with Gasteiger partial charge in [0.2, 0.25) is 11.7 Å². The SMILES string of the molecule is O=C(Cn1nnc(-c2ccc(OCc3ccccc3)cc2)n1)N1CCOCC1. The van der Waals surface area contributed by atoms with Gasteiger partial charge >= 0.3 is 0 Å². The highest BCUT2D eigenvalue weighted by molar-refractivity contribution is 5.75. The Balaban J connectivity index is 1.35. The Bertz CT molecular complexity index is 905. The van der Waals surface area contributed by atoms with Gasteiger partial charge in [0.15, 0.2) is 0 Å². The second-order valence-corrected chi connectivity index (χ2v) is 6.44. The Morgan fingerprint density at radius 3 is 2.54 bits per heavy atom. The van der Waals surface area contributed by atoms with E-state index in [1.54, 1.807) is 4.90 Å². The summed E-state index contributed by atoms with van der Waals surface area (Å²) in [6.45, 7) is 2.93. The van der Waals surface area contributed by atoms with Crippen LogP contribution < -0.4 is 4.74 Å². The molecule has 8 heteroatoms. The molecule has 3 aromatic rings. The van der Waals surface area contributed by atoms with E-state index < -0.39 is 0 Å². The standard InChI is InChI=1S/C20H21N5O3/c26-19(24-10-12-27-13-11-24)14-25-22-20(21-23-25)17-6-8-18(9-7-17)28-15-16-4-2-1-3-5-16/h1-9H,10-15H2. The molecule has 144 valence electrons. The molecular weight excluding hydrogens is 358 g/mol. The predicted molar refractivity (Wildman–Crippen MR) is 101 cm³/mol. The topological polar surface area (TPSA) is 82.4 Å². The van der Waals surface area contributed by atoms with E-state index in [-0.39, 0.29) is 12.5 Å². The summed E-state index contributed by atoms with van der Waals surface area (Å²) in [4.78, 5) is 15.4. The second-order valence-electron chi connectivity index (χ2n) is 6.44. The summed E-state index contributed by atoms with van der Waals surface area (Å²) in [6.07, 6.45) is 0. The number of morpholine rings is 1. The number of hydrogen-bond acceptors (Lipinski definition) is 6. The molecule has 4 rings (SSSR count). The molecule has 0 spiro atoms. The van der Waals surface area contributed by atoms with Gasteiger partial charge in [-0.05, 0) is 35.0 Å². The highest BCUT2D eigenvalue weighted by Gasteiger charge is 2.18. The number of ether oxygens (including phenoxy) is 2. The molecule has 1 fully saturated rings. The number of aromatic nitrogens is 4. The second kappa shape index (κ2) is 8.62. The lowest BCUT2D eigenvalue weighted by Gasteiger charge is -2.26. The van der Waals surface area contributed by atoms with Gasteiger partial charge in [0, 0.05) is 18.7 Å². The minimum atomic E-state index is -0.0306. The first-order chi connectivity index (χ1) is 13.8. The number of tetrazole rings is 1. The van der Waals surface area contributed by atoms with E-state index in [2.05, 4.69) is 15.4 Å². The van der Waals surface area contributed by atoms with E-state index in [1.807, 2.05) is 54.6 Å². The maximum absolute atomic E-state index is 12.3. The van der Waals surface area contributed by atoms with Gasteiger partial charge in [0.05, 0.1) is 13.2 Å². The van der Waals surface area contributed by atoms with Gasteiger partial charge < -0.3 is 14.4 Å². The van der Waals surface area contributed by atoms with Crippen molar-refractivity contribution < 1.29 is 14.3 Å². The third-order valence-electron chi connectivity index (χ3n) is 4.45. The molecule has 0 saturated carbocycles. The number of rotatable bonds is 6. The summed E-state index contributed by atoms with van der Waals surface area (Å²) in [5.41, 5.74) is 1.93. The highest BCUT2D eigenvalue weighted by Crippen LogP contribution is 2.19. The Morgan fingerprint density at radius 1 is 1.04 bits per heavy atom. The van der Waals surface area contributed by atoms with Crippen LogP contribution in [0.15, 0.2) is 54.6 Å². The van der Waals surface area contributed by atoms with Crippen molar-refractivity contribution in [3.05, 3.63) is 60.2 Å². The number of carbonyl (C=O) groups excluding carboxylic acids is 1. The van der Waals surface area contributed by atoms with Gasteiger partial charge in [0.1, 0.15) is 18.9 Å². The van der Waals surface area contributed by atoms with E-state index in [4.69, 9.17) is 9.47 Å². The number of hydrogen-bond donors (Lipinski definition) is 0. The van der Waals surface area contributed by atoms with Crippen molar-refractivity contribution in [2.45, 2.75) is 13.2 Å². The quantitative estimate of drug-likeness (QED) is 0.649. The third-order valence-corrected chi connectivity index (χ3v) is 4.45. The highest BCUT2D eigenvalue weighted by atomic mass is 16.5. The average Bonchev–Trinajstić information content (AvgIpc) is 3.22. The zero-order valence-electron chi connectivity index (χ0n) is 15.4. The molecule has 0 atom stereocenters. The molecule has 8 nitrogen and oxygen atoms in total. The zero-order chi connectivity index (χ0) is 19.2. The van der Waals surface area contributed by atoms with Crippen LogP contribution in [0.2, 0.25) is 0 Å².